The Hall–Kier alpha value is -2.31. The van der Waals surface area contributed by atoms with Gasteiger partial charge in [0.25, 0.3) is 11.8 Å². The van der Waals surface area contributed by atoms with Gasteiger partial charge < -0.3 is 15.0 Å². The van der Waals surface area contributed by atoms with Gasteiger partial charge in [-0.15, -0.1) is 11.3 Å². The number of nitrogens with zero attached hydrogens (tertiary/aromatic N) is 3. The number of carbonyl (C=O) groups excluding carboxylic acids is 2. The quantitative estimate of drug-likeness (QED) is 0.582. The van der Waals surface area contributed by atoms with Crippen LogP contribution in [0.3, 0.4) is 0 Å². The monoisotopic (exact) mass is 560 g/mol. The Bertz CT molecular complexity index is 1280. The van der Waals surface area contributed by atoms with E-state index in [1.807, 2.05) is 4.90 Å². The van der Waals surface area contributed by atoms with Crippen LogP contribution in [0.1, 0.15) is 64.3 Å². The normalized spacial score (nSPS) is 19.4. The third-order valence-electron chi connectivity index (χ3n) is 7.63. The minimum Gasteiger partial charge on any atom is -0.379 e. The number of anilines is 1. The Morgan fingerprint density at radius 3 is 2.32 bits per heavy atom. The standard InChI is InChI=1S/C27H36N4O5S2/c1-19(2)30-13-10-22-23(18-30)37-26(24(22)27(33)29-11-4-3-5-12-29)28-25(32)20-6-8-21(9-7-20)38(34,35)31-14-16-36-17-15-31/h6-9,19H,3-5,10-18H2,1-2H3,(H,28,32). The maximum Gasteiger partial charge on any atom is 0.257 e. The first-order valence-corrected chi connectivity index (χ1v) is 15.7. The molecule has 0 bridgehead atoms. The van der Waals surface area contributed by atoms with Crippen LogP contribution in [0.5, 0.6) is 0 Å². The molecule has 4 heterocycles. The Balaban J connectivity index is 1.39. The lowest BCUT2D eigenvalue weighted by Crippen LogP contribution is -2.40. The molecule has 11 heteroatoms. The third-order valence-corrected chi connectivity index (χ3v) is 10.7. The van der Waals surface area contributed by atoms with Crippen molar-refractivity contribution in [2.45, 2.75) is 57.0 Å². The smallest absolute Gasteiger partial charge is 0.257 e. The number of amides is 2. The highest BCUT2D eigenvalue weighted by Gasteiger charge is 2.32. The van der Waals surface area contributed by atoms with Crippen LogP contribution in [-0.2, 0) is 27.7 Å². The van der Waals surface area contributed by atoms with Crippen molar-refractivity contribution in [1.29, 1.82) is 0 Å². The van der Waals surface area contributed by atoms with Gasteiger partial charge in [-0.05, 0) is 69.4 Å². The number of hydrogen-bond donors (Lipinski definition) is 1. The SMILES string of the molecule is CC(C)N1CCc2c(sc(NC(=O)c3ccc(S(=O)(=O)N4CCOCC4)cc3)c2C(=O)N2CCCCC2)C1. The lowest BCUT2D eigenvalue weighted by Gasteiger charge is -2.31. The molecule has 206 valence electrons. The fourth-order valence-electron chi connectivity index (χ4n) is 5.32. The maximum absolute atomic E-state index is 13.7. The number of ether oxygens (including phenoxy) is 1. The fourth-order valence-corrected chi connectivity index (χ4v) is 7.99. The molecule has 1 aromatic carbocycles. The molecule has 0 radical (unpaired) electrons. The zero-order chi connectivity index (χ0) is 26.9. The molecule has 2 fully saturated rings. The molecule has 2 saturated heterocycles. The second-order valence-corrected chi connectivity index (χ2v) is 13.4. The second kappa shape index (κ2) is 11.4. The molecule has 0 atom stereocenters. The number of carbonyl (C=O) groups is 2. The Kier molecular flexibility index (Phi) is 8.20. The highest BCUT2D eigenvalue weighted by molar-refractivity contribution is 7.89. The molecular weight excluding hydrogens is 524 g/mol. The summed E-state index contributed by atoms with van der Waals surface area (Å²) in [5, 5.41) is 3.60. The summed E-state index contributed by atoms with van der Waals surface area (Å²) in [7, 11) is -3.64. The number of morpholine rings is 1. The van der Waals surface area contributed by atoms with Gasteiger partial charge in [-0.3, -0.25) is 14.5 Å². The van der Waals surface area contributed by atoms with Crippen LogP contribution < -0.4 is 5.32 Å². The van der Waals surface area contributed by atoms with Crippen LogP contribution in [0.2, 0.25) is 0 Å². The number of nitrogens with one attached hydrogen (secondary N) is 1. The van der Waals surface area contributed by atoms with Crippen molar-refractivity contribution in [2.24, 2.45) is 0 Å². The molecule has 1 N–H and O–H groups in total. The lowest BCUT2D eigenvalue weighted by molar-refractivity contribution is 0.0723. The third kappa shape index (κ3) is 5.53. The van der Waals surface area contributed by atoms with Gasteiger partial charge in [0.1, 0.15) is 5.00 Å². The first kappa shape index (κ1) is 27.3. The molecule has 2 aromatic rings. The molecule has 0 unspecified atom stereocenters. The molecule has 0 saturated carbocycles. The van der Waals surface area contributed by atoms with E-state index < -0.39 is 10.0 Å². The van der Waals surface area contributed by atoms with Crippen molar-refractivity contribution in [3.8, 4) is 0 Å². The van der Waals surface area contributed by atoms with Crippen LogP contribution in [0, 0.1) is 0 Å². The number of fused-ring (bicyclic) bond motifs is 1. The minimum atomic E-state index is -3.64. The van der Waals surface area contributed by atoms with E-state index in [2.05, 4.69) is 24.1 Å². The van der Waals surface area contributed by atoms with Gasteiger partial charge in [-0.1, -0.05) is 0 Å². The van der Waals surface area contributed by atoms with Crippen molar-refractivity contribution < 1.29 is 22.7 Å². The van der Waals surface area contributed by atoms with E-state index in [9.17, 15) is 18.0 Å². The summed E-state index contributed by atoms with van der Waals surface area (Å²) in [6.07, 6.45) is 3.92. The first-order valence-electron chi connectivity index (χ1n) is 13.4. The van der Waals surface area contributed by atoms with Gasteiger partial charge in [-0.25, -0.2) is 8.42 Å². The number of likely N-dealkylation sites (tertiary alicyclic amines) is 1. The summed E-state index contributed by atoms with van der Waals surface area (Å²) in [6.45, 7) is 8.85. The summed E-state index contributed by atoms with van der Waals surface area (Å²) in [4.78, 5) is 32.6. The van der Waals surface area contributed by atoms with E-state index in [4.69, 9.17) is 4.74 Å². The first-order chi connectivity index (χ1) is 18.3. The molecule has 2 amide bonds. The summed E-state index contributed by atoms with van der Waals surface area (Å²) < 4.78 is 32.5. The van der Waals surface area contributed by atoms with E-state index >= 15 is 0 Å². The van der Waals surface area contributed by atoms with Gasteiger partial charge in [0, 0.05) is 55.8 Å². The predicted octanol–water partition coefficient (Wildman–Crippen LogP) is 3.41. The van der Waals surface area contributed by atoms with Crippen LogP contribution in [0.15, 0.2) is 29.2 Å². The molecule has 0 spiro atoms. The molecule has 1 aromatic heterocycles. The van der Waals surface area contributed by atoms with Crippen LogP contribution in [-0.4, -0.2) is 86.3 Å². The predicted molar refractivity (Wildman–Crippen MR) is 147 cm³/mol. The summed E-state index contributed by atoms with van der Waals surface area (Å²) in [5.74, 6) is -0.352. The van der Waals surface area contributed by atoms with Crippen molar-refractivity contribution in [1.82, 2.24) is 14.1 Å². The van der Waals surface area contributed by atoms with E-state index in [-0.39, 0.29) is 16.7 Å². The largest absolute Gasteiger partial charge is 0.379 e. The Morgan fingerprint density at radius 2 is 1.66 bits per heavy atom. The zero-order valence-electron chi connectivity index (χ0n) is 22.1. The highest BCUT2D eigenvalue weighted by Crippen LogP contribution is 2.39. The molecule has 9 nitrogen and oxygen atoms in total. The molecule has 5 rings (SSSR count). The number of rotatable bonds is 6. The van der Waals surface area contributed by atoms with E-state index in [0.717, 1.165) is 62.3 Å². The average Bonchev–Trinajstić information content (AvgIpc) is 3.30. The lowest BCUT2D eigenvalue weighted by atomic mass is 10.00. The van der Waals surface area contributed by atoms with Crippen LogP contribution in [0.25, 0.3) is 0 Å². The minimum absolute atomic E-state index is 0.00227. The van der Waals surface area contributed by atoms with Crippen molar-refractivity contribution in [3.63, 3.8) is 0 Å². The molecule has 3 aliphatic heterocycles. The molecule has 38 heavy (non-hydrogen) atoms. The van der Waals surface area contributed by atoms with Crippen LogP contribution >= 0.6 is 11.3 Å². The van der Waals surface area contributed by atoms with Gasteiger partial charge in [-0.2, -0.15) is 4.31 Å². The number of hydrogen-bond acceptors (Lipinski definition) is 7. The Morgan fingerprint density at radius 1 is 0.974 bits per heavy atom. The van der Waals surface area contributed by atoms with E-state index in [0.29, 0.717) is 48.5 Å². The second-order valence-electron chi connectivity index (χ2n) is 10.4. The van der Waals surface area contributed by atoms with Crippen molar-refractivity contribution >= 4 is 38.2 Å². The molecule has 3 aliphatic rings. The number of benzene rings is 1. The van der Waals surface area contributed by atoms with Crippen LogP contribution in [0.4, 0.5) is 5.00 Å². The Labute approximate surface area is 228 Å². The van der Waals surface area contributed by atoms with Crippen molar-refractivity contribution in [3.05, 3.63) is 45.8 Å². The number of thiophene rings is 1. The summed E-state index contributed by atoms with van der Waals surface area (Å²) >= 11 is 1.49. The van der Waals surface area contributed by atoms with Gasteiger partial charge in [0.05, 0.1) is 23.7 Å². The molecule has 0 aliphatic carbocycles. The fraction of sp³-hybridized carbons (Fsp3) is 0.556. The molecular formula is C27H36N4O5S2. The average molecular weight is 561 g/mol. The summed E-state index contributed by atoms with van der Waals surface area (Å²) in [5.41, 5.74) is 2.04. The van der Waals surface area contributed by atoms with Gasteiger partial charge in [0.15, 0.2) is 0 Å². The zero-order valence-corrected chi connectivity index (χ0v) is 23.7. The summed E-state index contributed by atoms with van der Waals surface area (Å²) in [6, 6.07) is 6.40. The van der Waals surface area contributed by atoms with E-state index in [1.54, 1.807) is 0 Å². The van der Waals surface area contributed by atoms with Gasteiger partial charge >= 0.3 is 0 Å². The van der Waals surface area contributed by atoms with E-state index in [1.165, 1.54) is 39.9 Å². The highest BCUT2D eigenvalue weighted by atomic mass is 32.2. The topological polar surface area (TPSA) is 99.3 Å². The number of piperidine rings is 1. The van der Waals surface area contributed by atoms with Gasteiger partial charge in [0.2, 0.25) is 10.0 Å². The van der Waals surface area contributed by atoms with Crippen molar-refractivity contribution in [2.75, 3.05) is 51.3 Å². The maximum atomic E-state index is 13.7. The number of sulfonamides is 1.